The highest BCUT2D eigenvalue weighted by Crippen LogP contribution is 2.30. The number of amides is 1. The number of aryl methyl sites for hydroxylation is 1. The molecule has 6 heteroatoms. The van der Waals surface area contributed by atoms with Crippen LogP contribution in [0.3, 0.4) is 0 Å². The van der Waals surface area contributed by atoms with Crippen molar-refractivity contribution in [3.05, 3.63) is 28.9 Å². The molecule has 0 atom stereocenters. The van der Waals surface area contributed by atoms with Gasteiger partial charge in [-0.3, -0.25) is 0 Å². The zero-order chi connectivity index (χ0) is 16.6. The Balaban J connectivity index is 1.74. The molecule has 0 aromatic carbocycles. The number of ether oxygens (including phenoxy) is 1. The van der Waals surface area contributed by atoms with Crippen molar-refractivity contribution in [3.8, 4) is 0 Å². The lowest BCUT2D eigenvalue weighted by molar-refractivity contribution is 0.0270. The van der Waals surface area contributed by atoms with Gasteiger partial charge in [-0.05, 0) is 51.8 Å². The first-order valence-corrected chi connectivity index (χ1v) is 8.55. The highest BCUT2D eigenvalue weighted by Gasteiger charge is 2.24. The Hall–Kier alpha value is -1.95. The topological polar surface area (TPSA) is 55.3 Å². The van der Waals surface area contributed by atoms with Gasteiger partial charge < -0.3 is 9.64 Å². The molecule has 0 unspecified atom stereocenters. The Morgan fingerprint density at radius 3 is 2.74 bits per heavy atom. The molecule has 1 aliphatic rings. The second kappa shape index (κ2) is 5.92. The van der Waals surface area contributed by atoms with Gasteiger partial charge in [0.2, 0.25) is 0 Å². The number of nitrogens with zero attached hydrogens (tertiary/aromatic N) is 3. The van der Waals surface area contributed by atoms with Gasteiger partial charge in [-0.25, -0.2) is 14.8 Å². The molecule has 3 heterocycles. The van der Waals surface area contributed by atoms with E-state index in [1.54, 1.807) is 16.2 Å². The number of thiazole rings is 1. The first-order chi connectivity index (χ1) is 10.8. The lowest BCUT2D eigenvalue weighted by Crippen LogP contribution is -2.39. The largest absolute Gasteiger partial charge is 0.444 e. The van der Waals surface area contributed by atoms with Gasteiger partial charge in [0, 0.05) is 18.8 Å². The number of carbonyl (C=O) groups is 1. The van der Waals surface area contributed by atoms with Crippen LogP contribution >= 0.6 is 11.3 Å². The number of rotatable bonds is 1. The van der Waals surface area contributed by atoms with E-state index in [1.807, 2.05) is 39.8 Å². The van der Waals surface area contributed by atoms with E-state index in [1.165, 1.54) is 5.57 Å². The van der Waals surface area contributed by atoms with Crippen LogP contribution in [0, 0.1) is 6.92 Å². The van der Waals surface area contributed by atoms with E-state index >= 15 is 0 Å². The predicted octanol–water partition coefficient (Wildman–Crippen LogP) is 4.02. The van der Waals surface area contributed by atoms with Crippen LogP contribution in [0.5, 0.6) is 0 Å². The molecule has 0 saturated carbocycles. The van der Waals surface area contributed by atoms with Gasteiger partial charge in [0.25, 0.3) is 0 Å². The Morgan fingerprint density at radius 2 is 2.09 bits per heavy atom. The number of hydrogen-bond donors (Lipinski definition) is 0. The lowest BCUT2D eigenvalue weighted by Gasteiger charge is -2.29. The molecule has 0 fully saturated rings. The third kappa shape index (κ3) is 3.69. The summed E-state index contributed by atoms with van der Waals surface area (Å²) in [5, 5.41) is 1.00. The fourth-order valence-electron chi connectivity index (χ4n) is 2.40. The van der Waals surface area contributed by atoms with Crippen LogP contribution in [-0.4, -0.2) is 39.7 Å². The van der Waals surface area contributed by atoms with Crippen LogP contribution < -0.4 is 0 Å². The standard InChI is InChI=1S/C17H21N3O2S/c1-11-5-6-13-15(18-11)23-14(19-13)12-7-9-20(10-8-12)16(21)22-17(2,3)4/h5-7H,8-10H2,1-4H3. The second-order valence-electron chi connectivity index (χ2n) is 6.70. The van der Waals surface area contributed by atoms with E-state index in [4.69, 9.17) is 4.74 Å². The zero-order valence-corrected chi connectivity index (χ0v) is 14.7. The van der Waals surface area contributed by atoms with Crippen LogP contribution in [0.2, 0.25) is 0 Å². The Bertz CT molecular complexity index is 774. The van der Waals surface area contributed by atoms with E-state index in [0.29, 0.717) is 13.1 Å². The summed E-state index contributed by atoms with van der Waals surface area (Å²) in [5.41, 5.74) is 2.66. The third-order valence-corrected chi connectivity index (χ3v) is 4.57. The van der Waals surface area contributed by atoms with E-state index in [9.17, 15) is 4.79 Å². The van der Waals surface area contributed by atoms with Gasteiger partial charge in [0.15, 0.2) is 0 Å². The van der Waals surface area contributed by atoms with Crippen molar-refractivity contribution in [2.24, 2.45) is 0 Å². The van der Waals surface area contributed by atoms with Gasteiger partial charge in [0.1, 0.15) is 21.0 Å². The van der Waals surface area contributed by atoms with E-state index in [0.717, 1.165) is 27.5 Å². The normalized spacial score (nSPS) is 15.7. The molecule has 0 spiro atoms. The average Bonchev–Trinajstić information content (AvgIpc) is 2.88. The first kappa shape index (κ1) is 15.9. The van der Waals surface area contributed by atoms with E-state index < -0.39 is 5.60 Å². The summed E-state index contributed by atoms with van der Waals surface area (Å²) in [6.45, 7) is 8.85. The molecule has 0 bridgehead atoms. The molecule has 1 amide bonds. The fourth-order valence-corrected chi connectivity index (χ4v) is 3.45. The van der Waals surface area contributed by atoms with Gasteiger partial charge >= 0.3 is 6.09 Å². The number of carbonyl (C=O) groups excluding carboxylic acids is 1. The molecular weight excluding hydrogens is 310 g/mol. The summed E-state index contributed by atoms with van der Waals surface area (Å²) in [4.78, 5) is 24.0. The van der Waals surface area contributed by atoms with Gasteiger partial charge in [-0.15, -0.1) is 0 Å². The summed E-state index contributed by atoms with van der Waals surface area (Å²) < 4.78 is 5.41. The van der Waals surface area contributed by atoms with Crippen molar-refractivity contribution in [1.82, 2.24) is 14.9 Å². The van der Waals surface area contributed by atoms with Crippen LogP contribution in [0.1, 0.15) is 37.9 Å². The average molecular weight is 331 g/mol. The van der Waals surface area contributed by atoms with Gasteiger partial charge in [0.05, 0.1) is 0 Å². The maximum atomic E-state index is 12.1. The molecule has 1 aliphatic heterocycles. The van der Waals surface area contributed by atoms with Crippen LogP contribution in [0.25, 0.3) is 15.9 Å². The van der Waals surface area contributed by atoms with Crippen LogP contribution in [0.4, 0.5) is 4.79 Å². The lowest BCUT2D eigenvalue weighted by atomic mass is 10.1. The molecule has 122 valence electrons. The second-order valence-corrected chi connectivity index (χ2v) is 7.68. The third-order valence-electron chi connectivity index (χ3n) is 3.53. The number of aromatic nitrogens is 2. The molecule has 0 aliphatic carbocycles. The molecule has 0 N–H and O–H groups in total. The fraction of sp³-hybridized carbons (Fsp3) is 0.471. The van der Waals surface area contributed by atoms with Gasteiger partial charge in [-0.1, -0.05) is 17.4 Å². The van der Waals surface area contributed by atoms with Crippen LogP contribution in [0.15, 0.2) is 18.2 Å². The molecule has 0 radical (unpaired) electrons. The summed E-state index contributed by atoms with van der Waals surface area (Å²) in [5.74, 6) is 0. The highest BCUT2D eigenvalue weighted by molar-refractivity contribution is 7.19. The predicted molar refractivity (Wildman–Crippen MR) is 92.6 cm³/mol. The summed E-state index contributed by atoms with van der Waals surface area (Å²) >= 11 is 1.61. The molecule has 0 saturated heterocycles. The monoisotopic (exact) mass is 331 g/mol. The maximum Gasteiger partial charge on any atom is 0.410 e. The van der Waals surface area contributed by atoms with Crippen molar-refractivity contribution in [2.75, 3.05) is 13.1 Å². The Labute approximate surface area is 140 Å². The van der Waals surface area contributed by atoms with E-state index in [-0.39, 0.29) is 6.09 Å². The summed E-state index contributed by atoms with van der Waals surface area (Å²) in [6.07, 6.45) is 2.60. The molecular formula is C17H21N3O2S. The Kier molecular flexibility index (Phi) is 4.10. The minimum Gasteiger partial charge on any atom is -0.444 e. The minimum absolute atomic E-state index is 0.255. The maximum absolute atomic E-state index is 12.1. The minimum atomic E-state index is -0.461. The van der Waals surface area contributed by atoms with Crippen molar-refractivity contribution in [3.63, 3.8) is 0 Å². The van der Waals surface area contributed by atoms with Crippen molar-refractivity contribution < 1.29 is 9.53 Å². The number of hydrogen-bond acceptors (Lipinski definition) is 5. The summed E-state index contributed by atoms with van der Waals surface area (Å²) in [7, 11) is 0. The molecule has 5 nitrogen and oxygen atoms in total. The zero-order valence-electron chi connectivity index (χ0n) is 13.9. The number of fused-ring (bicyclic) bond motifs is 1. The molecule has 3 rings (SSSR count). The van der Waals surface area contributed by atoms with Crippen molar-refractivity contribution in [1.29, 1.82) is 0 Å². The van der Waals surface area contributed by atoms with Crippen LogP contribution in [-0.2, 0) is 4.74 Å². The molecule has 2 aromatic heterocycles. The quantitative estimate of drug-likeness (QED) is 0.792. The SMILES string of the molecule is Cc1ccc2nc(C3=CCN(C(=O)OC(C)(C)C)CC3)sc2n1. The Morgan fingerprint density at radius 1 is 1.30 bits per heavy atom. The smallest absolute Gasteiger partial charge is 0.410 e. The summed E-state index contributed by atoms with van der Waals surface area (Å²) in [6, 6.07) is 3.99. The first-order valence-electron chi connectivity index (χ1n) is 7.73. The van der Waals surface area contributed by atoms with Crippen molar-refractivity contribution >= 4 is 33.4 Å². The van der Waals surface area contributed by atoms with Gasteiger partial charge in [-0.2, -0.15) is 0 Å². The molecule has 2 aromatic rings. The van der Waals surface area contributed by atoms with E-state index in [2.05, 4.69) is 16.0 Å². The van der Waals surface area contributed by atoms with Crippen molar-refractivity contribution in [2.45, 2.75) is 39.7 Å². The molecule has 23 heavy (non-hydrogen) atoms. The number of pyridine rings is 1. The highest BCUT2D eigenvalue weighted by atomic mass is 32.1.